The number of hydrogen-bond donors (Lipinski definition) is 1. The molecule has 1 N–H and O–H groups in total. The zero-order chi connectivity index (χ0) is 14.9. The molecule has 1 heterocycles. The number of hydrogen-bond acceptors (Lipinski definition) is 3. The van der Waals surface area contributed by atoms with E-state index in [4.69, 9.17) is 0 Å². The summed E-state index contributed by atoms with van der Waals surface area (Å²) in [6.07, 6.45) is 4.50. The van der Waals surface area contributed by atoms with Gasteiger partial charge in [-0.2, -0.15) is 0 Å². The quantitative estimate of drug-likeness (QED) is 0.777. The maximum atomic E-state index is 12.6. The second-order valence-electron chi connectivity index (χ2n) is 6.95. The standard InChI is InChI=1S/C16H31N3O/c1-6-7-14-17-16(8-9-16)15(20)19(14)11-10-18(12(2)3)13(4)5/h12-14,17H,6-11H2,1-5H3. The van der Waals surface area contributed by atoms with Crippen molar-refractivity contribution in [2.75, 3.05) is 13.1 Å². The molecule has 20 heavy (non-hydrogen) atoms. The Morgan fingerprint density at radius 3 is 2.35 bits per heavy atom. The van der Waals surface area contributed by atoms with E-state index in [1.165, 1.54) is 0 Å². The van der Waals surface area contributed by atoms with Crippen LogP contribution in [0, 0.1) is 0 Å². The molecular formula is C16H31N3O. The molecule has 1 saturated carbocycles. The minimum atomic E-state index is -0.166. The minimum absolute atomic E-state index is 0.166. The zero-order valence-corrected chi connectivity index (χ0v) is 13.8. The Balaban J connectivity index is 1.97. The highest BCUT2D eigenvalue weighted by Gasteiger charge is 2.58. The fraction of sp³-hybridized carbons (Fsp3) is 0.938. The SMILES string of the molecule is CCCC1NC2(CC2)C(=O)N1CCN(C(C)C)C(C)C. The fourth-order valence-electron chi connectivity index (χ4n) is 3.45. The van der Waals surface area contributed by atoms with E-state index in [0.717, 1.165) is 38.8 Å². The lowest BCUT2D eigenvalue weighted by Gasteiger charge is -2.33. The van der Waals surface area contributed by atoms with Crippen molar-refractivity contribution in [3.05, 3.63) is 0 Å². The summed E-state index contributed by atoms with van der Waals surface area (Å²) in [6.45, 7) is 12.9. The van der Waals surface area contributed by atoms with Crippen LogP contribution in [0.3, 0.4) is 0 Å². The van der Waals surface area contributed by atoms with Gasteiger partial charge in [0.05, 0.1) is 11.7 Å². The molecule has 1 amide bonds. The second-order valence-corrected chi connectivity index (χ2v) is 6.95. The average Bonchev–Trinajstić information content (AvgIpc) is 3.08. The Hall–Kier alpha value is -0.610. The number of nitrogens with zero attached hydrogens (tertiary/aromatic N) is 2. The van der Waals surface area contributed by atoms with Crippen LogP contribution in [-0.4, -0.2) is 52.6 Å². The van der Waals surface area contributed by atoms with Crippen LogP contribution in [0.5, 0.6) is 0 Å². The van der Waals surface area contributed by atoms with Gasteiger partial charge in [0.15, 0.2) is 0 Å². The molecule has 0 bridgehead atoms. The van der Waals surface area contributed by atoms with E-state index in [0.29, 0.717) is 18.0 Å². The van der Waals surface area contributed by atoms with Gasteiger partial charge in [0.25, 0.3) is 0 Å². The van der Waals surface area contributed by atoms with Crippen LogP contribution in [0.2, 0.25) is 0 Å². The Morgan fingerprint density at radius 2 is 1.90 bits per heavy atom. The third-order valence-corrected chi connectivity index (χ3v) is 4.73. The summed E-state index contributed by atoms with van der Waals surface area (Å²) in [5.41, 5.74) is -0.166. The molecule has 1 atom stereocenters. The molecule has 0 aromatic rings. The third-order valence-electron chi connectivity index (χ3n) is 4.73. The van der Waals surface area contributed by atoms with Crippen molar-refractivity contribution in [2.45, 2.75) is 84.1 Å². The van der Waals surface area contributed by atoms with E-state index in [2.05, 4.69) is 49.7 Å². The van der Waals surface area contributed by atoms with Gasteiger partial charge >= 0.3 is 0 Å². The van der Waals surface area contributed by atoms with Crippen molar-refractivity contribution in [1.29, 1.82) is 0 Å². The monoisotopic (exact) mass is 281 g/mol. The minimum Gasteiger partial charge on any atom is -0.324 e. The summed E-state index contributed by atoms with van der Waals surface area (Å²) < 4.78 is 0. The van der Waals surface area contributed by atoms with E-state index in [9.17, 15) is 4.79 Å². The molecule has 0 radical (unpaired) electrons. The van der Waals surface area contributed by atoms with Crippen LogP contribution in [0.15, 0.2) is 0 Å². The third kappa shape index (κ3) is 3.01. The summed E-state index contributed by atoms with van der Waals surface area (Å²) in [5.74, 6) is 0.350. The summed E-state index contributed by atoms with van der Waals surface area (Å²) in [7, 11) is 0. The van der Waals surface area contributed by atoms with E-state index in [1.807, 2.05) is 0 Å². The van der Waals surface area contributed by atoms with Gasteiger partial charge in [-0.15, -0.1) is 0 Å². The highest BCUT2D eigenvalue weighted by molar-refractivity contribution is 5.91. The lowest BCUT2D eigenvalue weighted by Crippen LogP contribution is -2.46. The highest BCUT2D eigenvalue weighted by Crippen LogP contribution is 2.42. The number of carbonyl (C=O) groups excluding carboxylic acids is 1. The molecule has 1 unspecified atom stereocenters. The van der Waals surface area contributed by atoms with Crippen LogP contribution in [0.1, 0.15) is 60.3 Å². The van der Waals surface area contributed by atoms with Crippen LogP contribution in [-0.2, 0) is 4.79 Å². The van der Waals surface area contributed by atoms with Crippen molar-refractivity contribution in [3.63, 3.8) is 0 Å². The normalized spacial score (nSPS) is 24.7. The Morgan fingerprint density at radius 1 is 1.30 bits per heavy atom. The van der Waals surface area contributed by atoms with Gasteiger partial charge < -0.3 is 4.90 Å². The zero-order valence-electron chi connectivity index (χ0n) is 13.8. The molecule has 2 rings (SSSR count). The summed E-state index contributed by atoms with van der Waals surface area (Å²) in [4.78, 5) is 17.1. The topological polar surface area (TPSA) is 35.6 Å². The number of rotatable bonds is 7. The van der Waals surface area contributed by atoms with Crippen LogP contribution in [0.4, 0.5) is 0 Å². The number of nitrogens with one attached hydrogen (secondary N) is 1. The first-order chi connectivity index (χ1) is 9.41. The first-order valence-corrected chi connectivity index (χ1v) is 8.26. The van der Waals surface area contributed by atoms with E-state index < -0.39 is 0 Å². The van der Waals surface area contributed by atoms with Gasteiger partial charge in [-0.05, 0) is 47.0 Å². The van der Waals surface area contributed by atoms with E-state index in [1.54, 1.807) is 0 Å². The molecule has 1 aliphatic carbocycles. The van der Waals surface area contributed by atoms with E-state index in [-0.39, 0.29) is 11.7 Å². The van der Waals surface area contributed by atoms with Crippen LogP contribution in [0.25, 0.3) is 0 Å². The van der Waals surface area contributed by atoms with Crippen molar-refractivity contribution in [2.24, 2.45) is 0 Å². The first-order valence-electron chi connectivity index (χ1n) is 8.26. The molecule has 4 nitrogen and oxygen atoms in total. The predicted octanol–water partition coefficient (Wildman–Crippen LogP) is 2.20. The Labute approximate surface area is 123 Å². The van der Waals surface area contributed by atoms with Crippen LogP contribution < -0.4 is 5.32 Å². The summed E-state index contributed by atoms with van der Waals surface area (Å²) in [5, 5.41) is 3.58. The van der Waals surface area contributed by atoms with Crippen LogP contribution >= 0.6 is 0 Å². The molecule has 116 valence electrons. The maximum Gasteiger partial charge on any atom is 0.244 e. The number of carbonyl (C=O) groups is 1. The van der Waals surface area contributed by atoms with Crippen molar-refractivity contribution < 1.29 is 4.79 Å². The maximum absolute atomic E-state index is 12.6. The Kier molecular flexibility index (Phi) is 4.75. The van der Waals surface area contributed by atoms with Crippen molar-refractivity contribution in [3.8, 4) is 0 Å². The highest BCUT2D eigenvalue weighted by atomic mass is 16.2. The lowest BCUT2D eigenvalue weighted by atomic mass is 10.2. The molecular weight excluding hydrogens is 250 g/mol. The van der Waals surface area contributed by atoms with Gasteiger partial charge in [0, 0.05) is 25.2 Å². The van der Waals surface area contributed by atoms with Gasteiger partial charge in [-0.1, -0.05) is 13.3 Å². The molecule has 4 heteroatoms. The molecule has 1 aliphatic heterocycles. The molecule has 0 aromatic heterocycles. The smallest absolute Gasteiger partial charge is 0.244 e. The molecule has 1 spiro atoms. The summed E-state index contributed by atoms with van der Waals surface area (Å²) in [6, 6.07) is 1.06. The molecule has 2 fully saturated rings. The molecule has 0 aromatic carbocycles. The van der Waals surface area contributed by atoms with Gasteiger partial charge in [-0.25, -0.2) is 0 Å². The Bertz CT molecular complexity index is 342. The molecule has 1 saturated heterocycles. The predicted molar refractivity (Wildman–Crippen MR) is 82.5 cm³/mol. The number of amides is 1. The van der Waals surface area contributed by atoms with Gasteiger partial charge in [-0.3, -0.25) is 15.0 Å². The lowest BCUT2D eigenvalue weighted by molar-refractivity contribution is -0.131. The first kappa shape index (κ1) is 15.8. The largest absolute Gasteiger partial charge is 0.324 e. The van der Waals surface area contributed by atoms with Gasteiger partial charge in [0.1, 0.15) is 0 Å². The molecule has 2 aliphatic rings. The van der Waals surface area contributed by atoms with Crippen molar-refractivity contribution >= 4 is 5.91 Å². The average molecular weight is 281 g/mol. The second kappa shape index (κ2) is 6.02. The fourth-order valence-corrected chi connectivity index (χ4v) is 3.45. The summed E-state index contributed by atoms with van der Waals surface area (Å²) >= 11 is 0. The van der Waals surface area contributed by atoms with Crippen molar-refractivity contribution in [1.82, 2.24) is 15.1 Å². The van der Waals surface area contributed by atoms with Gasteiger partial charge in [0.2, 0.25) is 5.91 Å². The van der Waals surface area contributed by atoms with E-state index >= 15 is 0 Å².